The van der Waals surface area contributed by atoms with Crippen molar-refractivity contribution in [2.75, 3.05) is 18.1 Å². The Kier molecular flexibility index (Phi) is 4.10. The summed E-state index contributed by atoms with van der Waals surface area (Å²) in [6, 6.07) is 5.36. The fourth-order valence-electron chi connectivity index (χ4n) is 2.28. The topological polar surface area (TPSA) is 46.6 Å². The molecule has 0 radical (unpaired) electrons. The van der Waals surface area contributed by atoms with Crippen molar-refractivity contribution >= 4 is 29.2 Å². The first-order valence-corrected chi connectivity index (χ1v) is 6.64. The van der Waals surface area contributed by atoms with Gasteiger partial charge in [-0.1, -0.05) is 11.6 Å². The Morgan fingerprint density at radius 3 is 2.89 bits per heavy atom. The third kappa shape index (κ3) is 2.89. The van der Waals surface area contributed by atoms with E-state index in [9.17, 15) is 9.59 Å². The largest absolute Gasteiger partial charge is 0.466 e. The standard InChI is InChI=1S/C14H16ClNO3/c1-3-19-14(18)10-7-13(17)16(8-10)12-5-4-11(15)6-9(12)2/h4-6,10H,3,7-8H2,1-2H3. The third-order valence-corrected chi connectivity index (χ3v) is 3.43. The van der Waals surface area contributed by atoms with Crippen molar-refractivity contribution in [1.29, 1.82) is 0 Å². The van der Waals surface area contributed by atoms with E-state index in [1.54, 1.807) is 17.9 Å². The van der Waals surface area contributed by atoms with Crippen molar-refractivity contribution in [2.24, 2.45) is 5.92 Å². The van der Waals surface area contributed by atoms with Crippen LogP contribution in [0.1, 0.15) is 18.9 Å². The van der Waals surface area contributed by atoms with Gasteiger partial charge in [0.1, 0.15) is 0 Å². The highest BCUT2D eigenvalue weighted by Crippen LogP contribution is 2.30. The molecular weight excluding hydrogens is 266 g/mol. The molecule has 1 aromatic rings. The van der Waals surface area contributed by atoms with E-state index in [0.717, 1.165) is 11.3 Å². The second-order valence-corrected chi connectivity index (χ2v) is 5.02. The zero-order chi connectivity index (χ0) is 14.0. The van der Waals surface area contributed by atoms with E-state index >= 15 is 0 Å². The summed E-state index contributed by atoms with van der Waals surface area (Å²) in [4.78, 5) is 25.3. The zero-order valence-corrected chi connectivity index (χ0v) is 11.7. The first kappa shape index (κ1) is 13.9. The van der Waals surface area contributed by atoms with Crippen LogP contribution in [0.3, 0.4) is 0 Å². The van der Waals surface area contributed by atoms with Crippen LogP contribution in [0.15, 0.2) is 18.2 Å². The predicted octanol–water partition coefficient (Wildman–Crippen LogP) is 2.56. The first-order chi connectivity index (χ1) is 9.02. The Hall–Kier alpha value is -1.55. The average molecular weight is 282 g/mol. The lowest BCUT2D eigenvalue weighted by atomic mass is 10.1. The third-order valence-electron chi connectivity index (χ3n) is 3.19. The molecule has 4 nitrogen and oxygen atoms in total. The van der Waals surface area contributed by atoms with Crippen molar-refractivity contribution < 1.29 is 14.3 Å². The number of carbonyl (C=O) groups excluding carboxylic acids is 2. The van der Waals surface area contributed by atoms with Crippen LogP contribution in [0.25, 0.3) is 0 Å². The molecule has 1 aromatic carbocycles. The molecule has 1 amide bonds. The Morgan fingerprint density at radius 2 is 2.26 bits per heavy atom. The molecule has 1 aliphatic rings. The number of rotatable bonds is 3. The maximum atomic E-state index is 12.0. The molecule has 1 aliphatic heterocycles. The number of benzene rings is 1. The average Bonchev–Trinajstić information content (AvgIpc) is 2.72. The van der Waals surface area contributed by atoms with Gasteiger partial charge in [0.2, 0.25) is 5.91 Å². The predicted molar refractivity (Wildman–Crippen MR) is 73.3 cm³/mol. The number of carbonyl (C=O) groups is 2. The van der Waals surface area contributed by atoms with E-state index in [0.29, 0.717) is 18.2 Å². The van der Waals surface area contributed by atoms with E-state index in [2.05, 4.69) is 0 Å². The molecule has 1 saturated heterocycles. The summed E-state index contributed by atoms with van der Waals surface area (Å²) in [5.74, 6) is -0.726. The van der Waals surface area contributed by atoms with Crippen LogP contribution in [0.5, 0.6) is 0 Å². The normalized spacial score (nSPS) is 18.8. The van der Waals surface area contributed by atoms with E-state index in [1.807, 2.05) is 19.1 Å². The molecule has 1 fully saturated rings. The number of halogens is 1. The van der Waals surface area contributed by atoms with Crippen LogP contribution in [0.2, 0.25) is 5.02 Å². The minimum Gasteiger partial charge on any atom is -0.466 e. The molecule has 2 rings (SSSR count). The van der Waals surface area contributed by atoms with E-state index in [1.165, 1.54) is 0 Å². The summed E-state index contributed by atoms with van der Waals surface area (Å²) in [5.41, 5.74) is 1.73. The molecule has 1 unspecified atom stereocenters. The zero-order valence-electron chi connectivity index (χ0n) is 11.0. The molecule has 0 spiro atoms. The van der Waals surface area contributed by atoms with E-state index < -0.39 is 0 Å². The summed E-state index contributed by atoms with van der Waals surface area (Å²) < 4.78 is 4.97. The van der Waals surface area contributed by atoms with Gasteiger partial charge in [-0.3, -0.25) is 9.59 Å². The van der Waals surface area contributed by atoms with E-state index in [4.69, 9.17) is 16.3 Å². The second kappa shape index (κ2) is 5.61. The lowest BCUT2D eigenvalue weighted by Crippen LogP contribution is -2.27. The summed E-state index contributed by atoms with van der Waals surface area (Å²) in [5, 5.41) is 0.634. The number of esters is 1. The number of ether oxygens (including phenoxy) is 1. The highest BCUT2D eigenvalue weighted by Gasteiger charge is 2.36. The highest BCUT2D eigenvalue weighted by molar-refractivity contribution is 6.30. The fourth-order valence-corrected chi connectivity index (χ4v) is 2.51. The van der Waals surface area contributed by atoms with Gasteiger partial charge in [0, 0.05) is 23.7 Å². The number of aryl methyl sites for hydroxylation is 1. The second-order valence-electron chi connectivity index (χ2n) is 4.59. The van der Waals surface area contributed by atoms with Crippen molar-refractivity contribution in [1.82, 2.24) is 0 Å². The van der Waals surface area contributed by atoms with Gasteiger partial charge < -0.3 is 9.64 Å². The number of hydrogen-bond donors (Lipinski definition) is 0. The van der Waals surface area contributed by atoms with Gasteiger partial charge in [0.25, 0.3) is 0 Å². The molecular formula is C14H16ClNO3. The Balaban J connectivity index is 2.18. The van der Waals surface area contributed by atoms with Gasteiger partial charge in [0.05, 0.1) is 12.5 Å². The summed E-state index contributed by atoms with van der Waals surface area (Å²) in [6.07, 6.45) is 0.209. The molecule has 1 heterocycles. The Morgan fingerprint density at radius 1 is 1.53 bits per heavy atom. The number of nitrogens with zero attached hydrogens (tertiary/aromatic N) is 1. The number of anilines is 1. The smallest absolute Gasteiger partial charge is 0.311 e. The van der Waals surface area contributed by atoms with Crippen LogP contribution in [0.4, 0.5) is 5.69 Å². The van der Waals surface area contributed by atoms with Crippen LogP contribution in [0, 0.1) is 12.8 Å². The van der Waals surface area contributed by atoms with Crippen molar-refractivity contribution in [3.63, 3.8) is 0 Å². The van der Waals surface area contributed by atoms with Gasteiger partial charge in [-0.15, -0.1) is 0 Å². The molecule has 0 bridgehead atoms. The van der Waals surface area contributed by atoms with Crippen LogP contribution >= 0.6 is 11.6 Å². The molecule has 0 saturated carbocycles. The molecule has 1 atom stereocenters. The van der Waals surface area contributed by atoms with Crippen molar-refractivity contribution in [3.05, 3.63) is 28.8 Å². The quantitative estimate of drug-likeness (QED) is 0.800. The van der Waals surface area contributed by atoms with E-state index in [-0.39, 0.29) is 24.2 Å². The van der Waals surface area contributed by atoms with Crippen molar-refractivity contribution in [3.8, 4) is 0 Å². The van der Waals surface area contributed by atoms with Gasteiger partial charge in [-0.25, -0.2) is 0 Å². The molecule has 0 aliphatic carbocycles. The van der Waals surface area contributed by atoms with Gasteiger partial charge in [-0.05, 0) is 37.6 Å². The van der Waals surface area contributed by atoms with Crippen LogP contribution in [-0.4, -0.2) is 25.0 Å². The van der Waals surface area contributed by atoms with Crippen LogP contribution in [-0.2, 0) is 14.3 Å². The lowest BCUT2D eigenvalue weighted by Gasteiger charge is -2.19. The van der Waals surface area contributed by atoms with Crippen molar-refractivity contribution in [2.45, 2.75) is 20.3 Å². The summed E-state index contributed by atoms with van der Waals surface area (Å²) in [7, 11) is 0. The summed E-state index contributed by atoms with van der Waals surface area (Å²) >= 11 is 5.90. The maximum absolute atomic E-state index is 12.0. The van der Waals surface area contributed by atoms with Gasteiger partial charge >= 0.3 is 5.97 Å². The number of hydrogen-bond acceptors (Lipinski definition) is 3. The molecule has 0 N–H and O–H groups in total. The Labute approximate surface area is 117 Å². The Bertz CT molecular complexity index is 515. The highest BCUT2D eigenvalue weighted by atomic mass is 35.5. The summed E-state index contributed by atoms with van der Waals surface area (Å²) in [6.45, 7) is 4.37. The minimum absolute atomic E-state index is 0.0523. The monoisotopic (exact) mass is 281 g/mol. The minimum atomic E-state index is -0.373. The van der Waals surface area contributed by atoms with Gasteiger partial charge in [0.15, 0.2) is 0 Å². The lowest BCUT2D eigenvalue weighted by molar-refractivity contribution is -0.147. The molecule has 102 valence electrons. The maximum Gasteiger partial charge on any atom is 0.311 e. The SMILES string of the molecule is CCOC(=O)C1CC(=O)N(c2ccc(Cl)cc2C)C1. The molecule has 0 aromatic heterocycles. The van der Waals surface area contributed by atoms with Crippen LogP contribution < -0.4 is 4.90 Å². The van der Waals surface area contributed by atoms with Gasteiger partial charge in [-0.2, -0.15) is 0 Å². The fraction of sp³-hybridized carbons (Fsp3) is 0.429. The molecule has 19 heavy (non-hydrogen) atoms. The first-order valence-electron chi connectivity index (χ1n) is 6.26. The molecule has 5 heteroatoms. The number of amides is 1.